The number of rotatable bonds is 15. The predicted molar refractivity (Wildman–Crippen MR) is 94.1 cm³/mol. The molecule has 0 bridgehead atoms. The van der Waals surface area contributed by atoms with Crippen molar-refractivity contribution in [2.24, 2.45) is 0 Å². The molecule has 0 N–H and O–H groups in total. The number of ether oxygens (including phenoxy) is 1. The van der Waals surface area contributed by atoms with E-state index < -0.39 is 19.4 Å². The molecule has 5 nitrogen and oxygen atoms in total. The summed E-state index contributed by atoms with van der Waals surface area (Å²) in [5.41, 5.74) is 0. The van der Waals surface area contributed by atoms with E-state index in [1.54, 1.807) is 13.8 Å². The third-order valence-electron chi connectivity index (χ3n) is 3.40. The zero-order valence-corrected chi connectivity index (χ0v) is 16.4. The van der Waals surface area contributed by atoms with Crippen LogP contribution in [0.5, 0.6) is 0 Å². The minimum absolute atomic E-state index is 0.239. The van der Waals surface area contributed by atoms with Crippen molar-refractivity contribution in [1.29, 1.82) is 0 Å². The lowest BCUT2D eigenvalue weighted by atomic mass is 10.1. The van der Waals surface area contributed by atoms with Crippen LogP contribution in [0.25, 0.3) is 0 Å². The molecule has 0 saturated carbocycles. The number of hydrogen-bond donors (Lipinski definition) is 0. The molecule has 1 atom stereocenters. The van der Waals surface area contributed by atoms with Gasteiger partial charge in [0.2, 0.25) is 5.85 Å². The van der Waals surface area contributed by atoms with Crippen LogP contribution in [-0.2, 0) is 23.1 Å². The first-order valence-corrected chi connectivity index (χ1v) is 10.8. The maximum Gasteiger partial charge on any atom is 0.370 e. The summed E-state index contributed by atoms with van der Waals surface area (Å²) in [6.07, 6.45) is 8.36. The second-order valence-corrected chi connectivity index (χ2v) is 7.80. The Morgan fingerprint density at radius 3 is 1.96 bits per heavy atom. The van der Waals surface area contributed by atoms with Crippen LogP contribution in [-0.4, -0.2) is 30.9 Å². The van der Waals surface area contributed by atoms with Gasteiger partial charge in [-0.05, 0) is 26.7 Å². The third-order valence-corrected chi connectivity index (χ3v) is 5.93. The van der Waals surface area contributed by atoms with Crippen LogP contribution in [0.3, 0.4) is 0 Å². The Kier molecular flexibility index (Phi) is 14.2. The topological polar surface area (TPSA) is 61.8 Å². The van der Waals surface area contributed by atoms with Crippen LogP contribution in [0, 0.1) is 0 Å². The fourth-order valence-electron chi connectivity index (χ4n) is 2.30. The van der Waals surface area contributed by atoms with Gasteiger partial charge in [-0.15, -0.1) is 11.6 Å². The zero-order valence-electron chi connectivity index (χ0n) is 14.7. The summed E-state index contributed by atoms with van der Waals surface area (Å²) in [5.74, 6) is -1.74. The predicted octanol–water partition coefficient (Wildman–Crippen LogP) is 5.50. The van der Waals surface area contributed by atoms with Crippen molar-refractivity contribution in [3.8, 4) is 0 Å². The number of halogens is 1. The fraction of sp³-hybridized carbons (Fsp3) is 0.938. The Morgan fingerprint density at radius 2 is 1.48 bits per heavy atom. The number of carbonyl (C=O) groups excluding carboxylic acids is 1. The molecule has 23 heavy (non-hydrogen) atoms. The highest BCUT2D eigenvalue weighted by atomic mass is 35.5. The highest BCUT2D eigenvalue weighted by Gasteiger charge is 2.38. The smallest absolute Gasteiger partial charge is 0.370 e. The van der Waals surface area contributed by atoms with E-state index in [-0.39, 0.29) is 19.1 Å². The molecule has 0 fully saturated rings. The Morgan fingerprint density at radius 1 is 0.957 bits per heavy atom. The van der Waals surface area contributed by atoms with Gasteiger partial charge in [-0.3, -0.25) is 9.36 Å². The van der Waals surface area contributed by atoms with E-state index in [1.807, 2.05) is 0 Å². The molecule has 138 valence electrons. The quantitative estimate of drug-likeness (QED) is 0.165. The monoisotopic (exact) mass is 370 g/mol. The second kappa shape index (κ2) is 14.3. The van der Waals surface area contributed by atoms with Gasteiger partial charge in [0.25, 0.3) is 0 Å². The lowest BCUT2D eigenvalue weighted by Crippen LogP contribution is -2.22. The standard InChI is InChI=1S/C16H32ClO5P/c1-4-7-8-9-10-11-12-13-16(22-15(18)14-17)23(19,20-5-2)21-6-3/h16H,4-14H2,1-3H3/t16-/m0/s1. The van der Waals surface area contributed by atoms with Crippen LogP contribution in [0.2, 0.25) is 0 Å². The maximum atomic E-state index is 12.8. The number of alkyl halides is 1. The SMILES string of the molecule is CCCCCCCCC[C@@H](OC(=O)CCl)P(=O)(OCC)OCC. The molecule has 0 heterocycles. The summed E-state index contributed by atoms with van der Waals surface area (Å²) >= 11 is 5.49. The van der Waals surface area contributed by atoms with E-state index in [0.29, 0.717) is 6.42 Å². The summed E-state index contributed by atoms with van der Waals surface area (Å²) in [5, 5.41) is 0. The Labute approximate surface area is 145 Å². The fourth-order valence-corrected chi connectivity index (χ4v) is 4.24. The molecule has 0 aliphatic carbocycles. The van der Waals surface area contributed by atoms with Gasteiger partial charge in [-0.25, -0.2) is 0 Å². The molecule has 0 aliphatic heterocycles. The first-order chi connectivity index (χ1) is 11.0. The summed E-state index contributed by atoms with van der Waals surface area (Å²) < 4.78 is 28.6. The van der Waals surface area contributed by atoms with Crippen LogP contribution >= 0.6 is 19.2 Å². The molecule has 0 unspecified atom stereocenters. The molecule has 0 aromatic carbocycles. The zero-order chi connectivity index (χ0) is 17.6. The average molecular weight is 371 g/mol. The van der Waals surface area contributed by atoms with Crippen molar-refractivity contribution in [1.82, 2.24) is 0 Å². The van der Waals surface area contributed by atoms with Crippen LogP contribution < -0.4 is 0 Å². The number of unbranched alkanes of at least 4 members (excludes halogenated alkanes) is 6. The third kappa shape index (κ3) is 10.4. The molecule has 0 rings (SSSR count). The molecule has 0 radical (unpaired) electrons. The van der Waals surface area contributed by atoms with Crippen LogP contribution in [0.15, 0.2) is 0 Å². The highest BCUT2D eigenvalue weighted by molar-refractivity contribution is 7.54. The van der Waals surface area contributed by atoms with Gasteiger partial charge < -0.3 is 13.8 Å². The minimum Gasteiger partial charge on any atom is -0.448 e. The first kappa shape index (κ1) is 22.9. The molecule has 0 amide bonds. The maximum absolute atomic E-state index is 12.8. The normalized spacial score (nSPS) is 13.0. The molecule has 0 spiro atoms. The summed E-state index contributed by atoms with van der Waals surface area (Å²) in [4.78, 5) is 11.5. The lowest BCUT2D eigenvalue weighted by molar-refractivity contribution is -0.143. The van der Waals surface area contributed by atoms with E-state index >= 15 is 0 Å². The number of carbonyl (C=O) groups is 1. The Bertz CT molecular complexity index is 341. The van der Waals surface area contributed by atoms with Crippen molar-refractivity contribution >= 4 is 25.2 Å². The van der Waals surface area contributed by atoms with Gasteiger partial charge in [-0.2, -0.15) is 0 Å². The van der Waals surface area contributed by atoms with E-state index in [0.717, 1.165) is 19.3 Å². The van der Waals surface area contributed by atoms with Gasteiger partial charge in [0, 0.05) is 0 Å². The van der Waals surface area contributed by atoms with Gasteiger partial charge >= 0.3 is 13.6 Å². The van der Waals surface area contributed by atoms with Crippen molar-refractivity contribution in [3.05, 3.63) is 0 Å². The molecule has 7 heteroatoms. The van der Waals surface area contributed by atoms with Crippen molar-refractivity contribution < 1.29 is 23.1 Å². The average Bonchev–Trinajstić information content (AvgIpc) is 2.53. The summed E-state index contributed by atoms with van der Waals surface area (Å²) in [6.45, 7) is 6.14. The minimum atomic E-state index is -3.46. The van der Waals surface area contributed by atoms with E-state index in [2.05, 4.69) is 6.92 Å². The number of hydrogen-bond acceptors (Lipinski definition) is 5. The van der Waals surface area contributed by atoms with Crippen LogP contribution in [0.1, 0.15) is 72.1 Å². The molecule has 0 aliphatic rings. The van der Waals surface area contributed by atoms with Gasteiger partial charge in [-0.1, -0.05) is 45.4 Å². The van der Waals surface area contributed by atoms with E-state index in [1.165, 1.54) is 25.7 Å². The lowest BCUT2D eigenvalue weighted by Gasteiger charge is -2.25. The molecule has 0 saturated heterocycles. The molecular weight excluding hydrogens is 339 g/mol. The van der Waals surface area contributed by atoms with Gasteiger partial charge in [0.15, 0.2) is 0 Å². The summed E-state index contributed by atoms with van der Waals surface area (Å²) in [7, 11) is -3.46. The van der Waals surface area contributed by atoms with Gasteiger partial charge in [0.1, 0.15) is 5.88 Å². The van der Waals surface area contributed by atoms with Crippen molar-refractivity contribution in [2.75, 3.05) is 19.1 Å². The molecule has 0 aromatic heterocycles. The molecule has 0 aromatic rings. The van der Waals surface area contributed by atoms with Crippen molar-refractivity contribution in [2.45, 2.75) is 78.0 Å². The van der Waals surface area contributed by atoms with E-state index in [9.17, 15) is 9.36 Å². The largest absolute Gasteiger partial charge is 0.448 e. The summed E-state index contributed by atoms with van der Waals surface area (Å²) in [6, 6.07) is 0. The Balaban J connectivity index is 4.49. The first-order valence-electron chi connectivity index (χ1n) is 8.68. The van der Waals surface area contributed by atoms with Crippen molar-refractivity contribution in [3.63, 3.8) is 0 Å². The second-order valence-electron chi connectivity index (χ2n) is 5.36. The Hall–Kier alpha value is -0.0900. The molecular formula is C16H32ClO5P. The number of esters is 1. The van der Waals surface area contributed by atoms with Gasteiger partial charge in [0.05, 0.1) is 13.2 Å². The van der Waals surface area contributed by atoms with Crippen LogP contribution in [0.4, 0.5) is 0 Å². The van der Waals surface area contributed by atoms with E-state index in [4.69, 9.17) is 25.4 Å². The highest BCUT2D eigenvalue weighted by Crippen LogP contribution is 2.55.